The number of nitrogens with zero attached hydrogens (tertiary/aromatic N) is 2. The number of carbonyl (C=O) groups excluding carboxylic acids is 2. The first kappa shape index (κ1) is 21.5. The fraction of sp³-hybridized carbons (Fsp3) is 0.263. The van der Waals surface area contributed by atoms with Gasteiger partial charge in [0, 0.05) is 36.6 Å². The minimum absolute atomic E-state index is 0.0691. The molecule has 0 aliphatic carbocycles. The lowest BCUT2D eigenvalue weighted by Gasteiger charge is -2.34. The number of hydrogen-bond acceptors (Lipinski definition) is 5. The molecule has 1 N–H and O–H groups in total. The molecule has 0 unspecified atom stereocenters. The molecular formula is C19H17Cl2N3O4S2. The summed E-state index contributed by atoms with van der Waals surface area (Å²) in [5, 5.41) is 3.23. The molecule has 2 aromatic carbocycles. The summed E-state index contributed by atoms with van der Waals surface area (Å²) in [7, 11) is -3.73. The maximum atomic E-state index is 12.9. The number of hydrogen-bond donors (Lipinski definition) is 1. The number of fused-ring (bicyclic) bond motifs is 1. The smallest absolute Gasteiger partial charge is 0.254 e. The lowest BCUT2D eigenvalue weighted by Crippen LogP contribution is -2.50. The molecule has 7 nitrogen and oxygen atoms in total. The van der Waals surface area contributed by atoms with Gasteiger partial charge in [-0.1, -0.05) is 23.2 Å². The Morgan fingerprint density at radius 1 is 1.00 bits per heavy atom. The standard InChI is InChI=1S/C19H17Cl2N3O4S2/c20-14-3-2-13(10-15(14)21)30(27,28)24-7-5-23(6-8-24)19(26)12-1-4-17-16(9-12)22-18(25)11-29-17/h1-4,9-10H,5-8,11H2,(H,22,25). The average molecular weight is 486 g/mol. The summed E-state index contributed by atoms with van der Waals surface area (Å²) >= 11 is 13.3. The lowest BCUT2D eigenvalue weighted by molar-refractivity contribution is -0.113. The van der Waals surface area contributed by atoms with Gasteiger partial charge in [0.1, 0.15) is 0 Å². The third-order valence-electron chi connectivity index (χ3n) is 4.91. The molecule has 2 aliphatic rings. The third kappa shape index (κ3) is 4.17. The van der Waals surface area contributed by atoms with Crippen LogP contribution in [0.15, 0.2) is 46.2 Å². The van der Waals surface area contributed by atoms with Gasteiger partial charge in [-0.05, 0) is 36.4 Å². The van der Waals surface area contributed by atoms with E-state index in [4.69, 9.17) is 23.2 Å². The van der Waals surface area contributed by atoms with Crippen LogP contribution in [0.1, 0.15) is 10.4 Å². The SMILES string of the molecule is O=C1CSc2ccc(C(=O)N3CCN(S(=O)(=O)c4ccc(Cl)c(Cl)c4)CC3)cc2N1. The Labute approximate surface area is 188 Å². The van der Waals surface area contributed by atoms with Crippen LogP contribution in [0, 0.1) is 0 Å². The zero-order valence-corrected chi connectivity index (χ0v) is 18.7. The molecule has 0 spiro atoms. The second kappa shape index (κ2) is 8.39. The molecule has 0 atom stereocenters. The summed E-state index contributed by atoms with van der Waals surface area (Å²) in [4.78, 5) is 27.1. The summed E-state index contributed by atoms with van der Waals surface area (Å²) < 4.78 is 27.1. The van der Waals surface area contributed by atoms with E-state index >= 15 is 0 Å². The van der Waals surface area contributed by atoms with Crippen molar-refractivity contribution < 1.29 is 18.0 Å². The van der Waals surface area contributed by atoms with Crippen LogP contribution in [0.4, 0.5) is 5.69 Å². The van der Waals surface area contributed by atoms with Gasteiger partial charge in [0.25, 0.3) is 5.91 Å². The molecule has 0 aromatic heterocycles. The van der Waals surface area contributed by atoms with E-state index in [1.807, 2.05) is 6.07 Å². The van der Waals surface area contributed by atoms with Crippen LogP contribution < -0.4 is 5.32 Å². The number of anilines is 1. The van der Waals surface area contributed by atoms with Gasteiger partial charge in [-0.2, -0.15) is 4.31 Å². The van der Waals surface area contributed by atoms with Crippen molar-refractivity contribution in [3.05, 3.63) is 52.0 Å². The van der Waals surface area contributed by atoms with Crippen LogP contribution in [0.25, 0.3) is 0 Å². The van der Waals surface area contributed by atoms with Crippen molar-refractivity contribution >= 4 is 62.5 Å². The highest BCUT2D eigenvalue weighted by Gasteiger charge is 2.31. The topological polar surface area (TPSA) is 86.8 Å². The van der Waals surface area contributed by atoms with Crippen molar-refractivity contribution in [1.29, 1.82) is 0 Å². The highest BCUT2D eigenvalue weighted by atomic mass is 35.5. The van der Waals surface area contributed by atoms with E-state index < -0.39 is 10.0 Å². The molecule has 30 heavy (non-hydrogen) atoms. The van der Waals surface area contributed by atoms with Gasteiger partial charge in [-0.15, -0.1) is 11.8 Å². The number of benzene rings is 2. The maximum absolute atomic E-state index is 12.9. The Balaban J connectivity index is 1.45. The molecule has 2 heterocycles. The largest absolute Gasteiger partial charge is 0.336 e. The molecule has 1 fully saturated rings. The van der Waals surface area contributed by atoms with Crippen molar-refractivity contribution in [2.24, 2.45) is 0 Å². The number of sulfonamides is 1. The monoisotopic (exact) mass is 485 g/mol. The molecule has 0 bridgehead atoms. The molecule has 0 saturated carbocycles. The highest BCUT2D eigenvalue weighted by molar-refractivity contribution is 8.00. The fourth-order valence-electron chi connectivity index (χ4n) is 3.32. The van der Waals surface area contributed by atoms with Gasteiger partial charge in [0.05, 0.1) is 26.4 Å². The van der Waals surface area contributed by atoms with E-state index in [0.29, 0.717) is 17.0 Å². The Bertz CT molecular complexity index is 1130. The number of thioether (sulfide) groups is 1. The number of halogens is 2. The summed E-state index contributed by atoms with van der Waals surface area (Å²) in [6.45, 7) is 0.868. The van der Waals surface area contributed by atoms with Gasteiger partial charge in [0.2, 0.25) is 15.9 Å². The number of amides is 2. The van der Waals surface area contributed by atoms with E-state index in [1.165, 1.54) is 34.3 Å². The van der Waals surface area contributed by atoms with Crippen molar-refractivity contribution in [3.63, 3.8) is 0 Å². The molecular weight excluding hydrogens is 469 g/mol. The predicted octanol–water partition coefficient (Wildman–Crippen LogP) is 3.18. The minimum atomic E-state index is -3.73. The minimum Gasteiger partial charge on any atom is -0.336 e. The van der Waals surface area contributed by atoms with Gasteiger partial charge in [-0.3, -0.25) is 9.59 Å². The van der Waals surface area contributed by atoms with Crippen LogP contribution in [0.5, 0.6) is 0 Å². The Hall–Kier alpha value is -1.78. The van der Waals surface area contributed by atoms with Crippen LogP contribution in [-0.2, 0) is 14.8 Å². The summed E-state index contributed by atoms with van der Waals surface area (Å²) in [5.74, 6) is 0.0580. The Morgan fingerprint density at radius 2 is 1.73 bits per heavy atom. The van der Waals surface area contributed by atoms with Crippen molar-refractivity contribution in [2.45, 2.75) is 9.79 Å². The van der Waals surface area contributed by atoms with Gasteiger partial charge >= 0.3 is 0 Å². The van der Waals surface area contributed by atoms with Crippen LogP contribution in [0.2, 0.25) is 10.0 Å². The van der Waals surface area contributed by atoms with E-state index in [9.17, 15) is 18.0 Å². The van der Waals surface area contributed by atoms with E-state index in [-0.39, 0.29) is 52.9 Å². The molecule has 158 valence electrons. The molecule has 2 aromatic rings. The molecule has 11 heteroatoms. The lowest BCUT2D eigenvalue weighted by atomic mass is 10.1. The highest BCUT2D eigenvalue weighted by Crippen LogP contribution is 2.32. The van der Waals surface area contributed by atoms with Crippen LogP contribution >= 0.6 is 35.0 Å². The van der Waals surface area contributed by atoms with E-state index in [0.717, 1.165) is 4.90 Å². The number of carbonyl (C=O) groups is 2. The summed E-state index contributed by atoms with van der Waals surface area (Å²) in [5.41, 5.74) is 1.08. The average Bonchev–Trinajstić information content (AvgIpc) is 2.74. The third-order valence-corrected chi connectivity index (χ3v) is 8.62. The number of nitrogens with one attached hydrogen (secondary N) is 1. The molecule has 1 saturated heterocycles. The van der Waals surface area contributed by atoms with Crippen LogP contribution in [-0.4, -0.2) is 61.4 Å². The van der Waals surface area contributed by atoms with E-state index in [2.05, 4.69) is 5.32 Å². The maximum Gasteiger partial charge on any atom is 0.254 e. The molecule has 2 aliphatic heterocycles. The number of rotatable bonds is 3. The normalized spacial score (nSPS) is 17.4. The van der Waals surface area contributed by atoms with Gasteiger partial charge < -0.3 is 10.2 Å². The first-order valence-electron chi connectivity index (χ1n) is 9.07. The van der Waals surface area contributed by atoms with Crippen molar-refractivity contribution in [3.8, 4) is 0 Å². The Kier molecular flexibility index (Phi) is 6.00. The Morgan fingerprint density at radius 3 is 2.43 bits per heavy atom. The fourth-order valence-corrected chi connectivity index (χ4v) is 5.92. The second-order valence-corrected chi connectivity index (χ2v) is 10.6. The predicted molar refractivity (Wildman–Crippen MR) is 117 cm³/mol. The summed E-state index contributed by atoms with van der Waals surface area (Å²) in [6, 6.07) is 9.41. The first-order chi connectivity index (χ1) is 14.3. The second-order valence-electron chi connectivity index (χ2n) is 6.82. The summed E-state index contributed by atoms with van der Waals surface area (Å²) in [6.07, 6.45) is 0. The van der Waals surface area contributed by atoms with Crippen molar-refractivity contribution in [1.82, 2.24) is 9.21 Å². The van der Waals surface area contributed by atoms with Gasteiger partial charge in [0.15, 0.2) is 0 Å². The zero-order valence-electron chi connectivity index (χ0n) is 15.6. The van der Waals surface area contributed by atoms with Gasteiger partial charge in [-0.25, -0.2) is 8.42 Å². The first-order valence-corrected chi connectivity index (χ1v) is 12.2. The number of piperazine rings is 1. The quantitative estimate of drug-likeness (QED) is 0.721. The molecule has 4 rings (SSSR count). The molecule has 0 radical (unpaired) electrons. The van der Waals surface area contributed by atoms with Crippen molar-refractivity contribution in [2.75, 3.05) is 37.2 Å². The zero-order chi connectivity index (χ0) is 21.5. The van der Waals surface area contributed by atoms with E-state index in [1.54, 1.807) is 17.0 Å². The molecule has 2 amide bonds. The van der Waals surface area contributed by atoms with Crippen LogP contribution in [0.3, 0.4) is 0 Å².